The van der Waals surface area contributed by atoms with E-state index < -0.39 is 0 Å². The molecule has 0 amide bonds. The van der Waals surface area contributed by atoms with Gasteiger partial charge in [0.25, 0.3) is 0 Å². The summed E-state index contributed by atoms with van der Waals surface area (Å²) in [5, 5.41) is 5.09. The van der Waals surface area contributed by atoms with Crippen LogP contribution in [0.3, 0.4) is 0 Å². The van der Waals surface area contributed by atoms with Crippen LogP contribution >= 0.6 is 11.3 Å². The second kappa shape index (κ2) is 6.00. The number of aromatic nitrogens is 1. The van der Waals surface area contributed by atoms with E-state index in [4.69, 9.17) is 4.98 Å². The minimum Gasteiger partial charge on any atom is -0.309 e. The van der Waals surface area contributed by atoms with Gasteiger partial charge in [0.05, 0.1) is 10.7 Å². The Morgan fingerprint density at radius 3 is 2.43 bits per heavy atom. The van der Waals surface area contributed by atoms with Gasteiger partial charge < -0.3 is 5.32 Å². The first-order valence-electron chi connectivity index (χ1n) is 8.67. The SMILES string of the molecule is CC(C)c1nc(C2CCC(C)(C)CC2)sc1CNC1CC1. The van der Waals surface area contributed by atoms with E-state index in [1.54, 1.807) is 0 Å². The Labute approximate surface area is 133 Å². The van der Waals surface area contributed by atoms with Crippen LogP contribution in [0.4, 0.5) is 0 Å². The van der Waals surface area contributed by atoms with Crippen molar-refractivity contribution in [3.63, 3.8) is 0 Å². The van der Waals surface area contributed by atoms with Gasteiger partial charge >= 0.3 is 0 Å². The van der Waals surface area contributed by atoms with Gasteiger partial charge in [0.2, 0.25) is 0 Å². The molecule has 0 bridgehead atoms. The summed E-state index contributed by atoms with van der Waals surface area (Å²) in [6, 6.07) is 0.783. The van der Waals surface area contributed by atoms with Crippen LogP contribution in [0.1, 0.15) is 93.6 Å². The normalized spacial score (nSPS) is 22.9. The van der Waals surface area contributed by atoms with Crippen molar-refractivity contribution in [2.45, 2.75) is 90.6 Å². The molecule has 0 radical (unpaired) electrons. The van der Waals surface area contributed by atoms with Crippen molar-refractivity contribution in [2.24, 2.45) is 5.41 Å². The van der Waals surface area contributed by atoms with Crippen molar-refractivity contribution in [3.8, 4) is 0 Å². The molecule has 0 saturated heterocycles. The van der Waals surface area contributed by atoms with Crippen molar-refractivity contribution in [1.29, 1.82) is 0 Å². The molecule has 1 heterocycles. The Morgan fingerprint density at radius 2 is 1.86 bits per heavy atom. The highest BCUT2D eigenvalue weighted by Gasteiger charge is 2.30. The predicted molar refractivity (Wildman–Crippen MR) is 91.1 cm³/mol. The van der Waals surface area contributed by atoms with Crippen LogP contribution in [-0.2, 0) is 6.54 Å². The second-order valence-electron chi connectivity index (χ2n) is 8.11. The highest BCUT2D eigenvalue weighted by Crippen LogP contribution is 2.44. The number of nitrogens with zero attached hydrogens (tertiary/aromatic N) is 1. The number of hydrogen-bond acceptors (Lipinski definition) is 3. The first kappa shape index (κ1) is 15.5. The zero-order valence-corrected chi connectivity index (χ0v) is 14.9. The molecule has 0 atom stereocenters. The van der Waals surface area contributed by atoms with E-state index in [1.807, 2.05) is 11.3 Å². The molecular formula is C18H30N2S. The van der Waals surface area contributed by atoms with Gasteiger partial charge in [-0.05, 0) is 49.9 Å². The molecule has 1 aromatic heterocycles. The smallest absolute Gasteiger partial charge is 0.0962 e. The second-order valence-corrected chi connectivity index (χ2v) is 9.22. The Kier molecular flexibility index (Phi) is 4.42. The molecule has 0 spiro atoms. The predicted octanol–water partition coefficient (Wildman–Crippen LogP) is 5.20. The summed E-state index contributed by atoms with van der Waals surface area (Å²) in [6.07, 6.45) is 8.08. The summed E-state index contributed by atoms with van der Waals surface area (Å²) < 4.78 is 0. The first-order chi connectivity index (χ1) is 9.94. The lowest BCUT2D eigenvalue weighted by Gasteiger charge is -2.33. The molecule has 0 aliphatic heterocycles. The van der Waals surface area contributed by atoms with E-state index in [0.717, 1.165) is 18.5 Å². The Bertz CT molecular complexity index is 475. The summed E-state index contributed by atoms with van der Waals surface area (Å²) >= 11 is 1.99. The van der Waals surface area contributed by atoms with Crippen LogP contribution < -0.4 is 5.32 Å². The average Bonchev–Trinajstić information content (AvgIpc) is 3.15. The molecule has 0 unspecified atom stereocenters. The molecule has 2 fully saturated rings. The molecule has 3 heteroatoms. The molecule has 118 valence electrons. The molecule has 3 rings (SSSR count). The van der Waals surface area contributed by atoms with Gasteiger partial charge in [0.15, 0.2) is 0 Å². The van der Waals surface area contributed by atoms with Gasteiger partial charge in [0, 0.05) is 23.4 Å². The van der Waals surface area contributed by atoms with Crippen LogP contribution in [0.25, 0.3) is 0 Å². The van der Waals surface area contributed by atoms with Crippen LogP contribution in [0.15, 0.2) is 0 Å². The molecule has 2 aliphatic rings. The molecule has 2 saturated carbocycles. The zero-order chi connectivity index (χ0) is 15.0. The van der Waals surface area contributed by atoms with Crippen LogP contribution in [0, 0.1) is 5.41 Å². The number of nitrogens with one attached hydrogen (secondary N) is 1. The van der Waals surface area contributed by atoms with Gasteiger partial charge in [-0.15, -0.1) is 11.3 Å². The molecule has 1 N–H and O–H groups in total. The number of hydrogen-bond donors (Lipinski definition) is 1. The third-order valence-electron chi connectivity index (χ3n) is 5.11. The van der Waals surface area contributed by atoms with Gasteiger partial charge in [0.1, 0.15) is 0 Å². The lowest BCUT2D eigenvalue weighted by Crippen LogP contribution is -2.20. The third-order valence-corrected chi connectivity index (χ3v) is 6.34. The van der Waals surface area contributed by atoms with Gasteiger partial charge in [-0.2, -0.15) is 0 Å². The topological polar surface area (TPSA) is 24.9 Å². The Balaban J connectivity index is 1.71. The maximum absolute atomic E-state index is 5.06. The molecule has 0 aromatic carbocycles. The lowest BCUT2D eigenvalue weighted by molar-refractivity contribution is 0.224. The maximum Gasteiger partial charge on any atom is 0.0962 e. The first-order valence-corrected chi connectivity index (χ1v) is 9.49. The fourth-order valence-corrected chi connectivity index (χ4v) is 4.65. The monoisotopic (exact) mass is 306 g/mol. The van der Waals surface area contributed by atoms with Crippen LogP contribution in [0.5, 0.6) is 0 Å². The molecule has 2 aliphatic carbocycles. The standard InChI is InChI=1S/C18H30N2S/c1-12(2)16-15(11-19-14-5-6-14)21-17(20-16)13-7-9-18(3,4)10-8-13/h12-14,19H,5-11H2,1-4H3. The van der Waals surface area contributed by atoms with Gasteiger partial charge in [-0.25, -0.2) is 4.98 Å². The van der Waals surface area contributed by atoms with Crippen molar-refractivity contribution >= 4 is 11.3 Å². The largest absolute Gasteiger partial charge is 0.309 e. The summed E-state index contributed by atoms with van der Waals surface area (Å²) in [6.45, 7) is 10.4. The van der Waals surface area contributed by atoms with E-state index in [2.05, 4.69) is 33.0 Å². The van der Waals surface area contributed by atoms with Crippen molar-refractivity contribution in [1.82, 2.24) is 10.3 Å². The zero-order valence-electron chi connectivity index (χ0n) is 14.0. The highest BCUT2D eigenvalue weighted by atomic mass is 32.1. The lowest BCUT2D eigenvalue weighted by atomic mass is 9.73. The van der Waals surface area contributed by atoms with Gasteiger partial charge in [-0.3, -0.25) is 0 Å². The molecule has 21 heavy (non-hydrogen) atoms. The summed E-state index contributed by atoms with van der Waals surface area (Å²) in [4.78, 5) is 6.55. The van der Waals surface area contributed by atoms with E-state index in [0.29, 0.717) is 11.3 Å². The van der Waals surface area contributed by atoms with E-state index in [-0.39, 0.29) is 0 Å². The summed E-state index contributed by atoms with van der Waals surface area (Å²) in [5.41, 5.74) is 1.90. The molecule has 1 aromatic rings. The fraction of sp³-hybridized carbons (Fsp3) is 0.833. The quantitative estimate of drug-likeness (QED) is 0.808. The van der Waals surface area contributed by atoms with Crippen molar-refractivity contribution in [3.05, 3.63) is 15.6 Å². The highest BCUT2D eigenvalue weighted by molar-refractivity contribution is 7.11. The summed E-state index contributed by atoms with van der Waals surface area (Å²) in [5.74, 6) is 1.27. The van der Waals surface area contributed by atoms with Crippen LogP contribution in [-0.4, -0.2) is 11.0 Å². The Hall–Kier alpha value is -0.410. The van der Waals surface area contributed by atoms with E-state index >= 15 is 0 Å². The molecular weight excluding hydrogens is 276 g/mol. The van der Waals surface area contributed by atoms with Crippen LogP contribution in [0.2, 0.25) is 0 Å². The average molecular weight is 307 g/mol. The fourth-order valence-electron chi connectivity index (χ4n) is 3.31. The minimum atomic E-state index is 0.547. The summed E-state index contributed by atoms with van der Waals surface area (Å²) in [7, 11) is 0. The van der Waals surface area contributed by atoms with E-state index in [9.17, 15) is 0 Å². The number of thiazole rings is 1. The van der Waals surface area contributed by atoms with Crippen molar-refractivity contribution in [2.75, 3.05) is 0 Å². The van der Waals surface area contributed by atoms with Crippen molar-refractivity contribution < 1.29 is 0 Å². The Morgan fingerprint density at radius 1 is 1.19 bits per heavy atom. The third kappa shape index (κ3) is 3.87. The van der Waals surface area contributed by atoms with E-state index in [1.165, 1.54) is 54.1 Å². The van der Waals surface area contributed by atoms with Gasteiger partial charge in [-0.1, -0.05) is 27.7 Å². The molecule has 2 nitrogen and oxygen atoms in total. The minimum absolute atomic E-state index is 0.547. The number of rotatable bonds is 5. The maximum atomic E-state index is 5.06.